The lowest BCUT2D eigenvalue weighted by Gasteiger charge is -2.39. The lowest BCUT2D eigenvalue weighted by molar-refractivity contribution is 0.312. The number of rotatable bonds is 5. The number of nitrogens with zero attached hydrogens (tertiary/aromatic N) is 4. The minimum absolute atomic E-state index is 0.117. The highest BCUT2D eigenvalue weighted by Crippen LogP contribution is 2.44. The van der Waals surface area contributed by atoms with Crippen molar-refractivity contribution in [3.05, 3.63) is 121 Å². The number of amidine groups is 1. The first kappa shape index (κ1) is 20.4. The van der Waals surface area contributed by atoms with E-state index < -0.39 is 0 Å². The molecule has 154 valence electrons. The molecule has 1 aliphatic heterocycles. The van der Waals surface area contributed by atoms with Crippen LogP contribution in [0.3, 0.4) is 0 Å². The van der Waals surface area contributed by atoms with Gasteiger partial charge >= 0.3 is 0 Å². The Labute approximate surface area is 184 Å². The molecule has 3 aromatic rings. The number of anilines is 1. The third-order valence-electron chi connectivity index (χ3n) is 5.71. The van der Waals surface area contributed by atoms with E-state index in [1.807, 2.05) is 61.7 Å². The summed E-state index contributed by atoms with van der Waals surface area (Å²) in [5, 5.41) is 8.45. The molecule has 0 saturated carbocycles. The smallest absolute Gasteiger partial charge is 0.159 e. The monoisotopic (exact) mass is 406 g/mol. The average molecular weight is 407 g/mol. The van der Waals surface area contributed by atoms with E-state index >= 15 is 0 Å². The first-order chi connectivity index (χ1) is 15.2. The maximum Gasteiger partial charge on any atom is 0.159 e. The predicted octanol–water partition coefficient (Wildman–Crippen LogP) is 6.09. The Balaban J connectivity index is 2.02. The summed E-state index contributed by atoms with van der Waals surface area (Å²) >= 11 is 0. The molecule has 0 N–H and O–H groups in total. The fourth-order valence-corrected chi connectivity index (χ4v) is 4.26. The van der Waals surface area contributed by atoms with Crippen LogP contribution in [0.5, 0.6) is 0 Å². The second-order valence-electron chi connectivity index (χ2n) is 7.43. The van der Waals surface area contributed by atoms with Crippen LogP contribution in [-0.2, 0) is 0 Å². The van der Waals surface area contributed by atoms with Crippen molar-refractivity contribution in [3.63, 3.8) is 0 Å². The largest absolute Gasteiger partial charge is 0.347 e. The molecular weight excluding hydrogens is 380 g/mol. The van der Waals surface area contributed by atoms with E-state index in [-0.39, 0.29) is 12.1 Å². The minimum Gasteiger partial charge on any atom is -0.347 e. The number of benzene rings is 3. The first-order valence-corrected chi connectivity index (χ1v) is 10.2. The van der Waals surface area contributed by atoms with Gasteiger partial charge in [0.15, 0.2) is 5.84 Å². The van der Waals surface area contributed by atoms with Gasteiger partial charge in [0.05, 0.1) is 11.7 Å². The van der Waals surface area contributed by atoms with Gasteiger partial charge in [-0.05, 0) is 17.2 Å². The molecule has 0 spiro atoms. The highest BCUT2D eigenvalue weighted by atomic mass is 15.4. The molecule has 0 aromatic heterocycles. The highest BCUT2D eigenvalue weighted by Gasteiger charge is 2.38. The average Bonchev–Trinajstić information content (AvgIpc) is 2.91. The Morgan fingerprint density at radius 2 is 1.52 bits per heavy atom. The summed E-state index contributed by atoms with van der Waals surface area (Å²) in [6.45, 7) is 12.4. The molecule has 2 unspecified atom stereocenters. The molecule has 2 atom stereocenters. The van der Waals surface area contributed by atoms with Gasteiger partial charge in [-0.25, -0.2) is 0 Å². The van der Waals surface area contributed by atoms with Crippen molar-refractivity contribution in [2.75, 3.05) is 11.9 Å². The zero-order valence-corrected chi connectivity index (χ0v) is 17.7. The standard InChI is InChI=1S/C27H26N4/c1-5-24(21-14-8-6-9-15-21)31-20(2)23-18-12-13-19-25(23)30(4)27(29-28-3)26(31)22-16-10-7-11-17-22/h5-19,24,26H,1-3H2,4H3/b29-27-. The molecule has 1 aliphatic rings. The van der Waals surface area contributed by atoms with Gasteiger partial charge in [0, 0.05) is 25.0 Å². The van der Waals surface area contributed by atoms with Crippen molar-refractivity contribution in [3.8, 4) is 0 Å². The summed E-state index contributed by atoms with van der Waals surface area (Å²) in [6, 6.07) is 28.5. The first-order valence-electron chi connectivity index (χ1n) is 10.2. The fraction of sp³-hybridized carbons (Fsp3) is 0.111. The van der Waals surface area contributed by atoms with E-state index in [0.29, 0.717) is 0 Å². The maximum absolute atomic E-state index is 4.55. The van der Waals surface area contributed by atoms with Crippen molar-refractivity contribution < 1.29 is 0 Å². The van der Waals surface area contributed by atoms with Gasteiger partial charge in [-0.2, -0.15) is 5.10 Å². The maximum atomic E-state index is 4.55. The van der Waals surface area contributed by atoms with Crippen molar-refractivity contribution >= 4 is 23.9 Å². The van der Waals surface area contributed by atoms with E-state index in [1.165, 1.54) is 0 Å². The molecule has 0 amide bonds. The second-order valence-corrected chi connectivity index (χ2v) is 7.43. The van der Waals surface area contributed by atoms with Crippen molar-refractivity contribution in [1.29, 1.82) is 0 Å². The second kappa shape index (κ2) is 8.84. The van der Waals surface area contributed by atoms with Crippen LogP contribution in [0, 0.1) is 0 Å². The van der Waals surface area contributed by atoms with Gasteiger partial charge in [0.2, 0.25) is 0 Å². The molecule has 0 aliphatic carbocycles. The molecule has 0 saturated heterocycles. The number of hydrogen-bond donors (Lipinski definition) is 0. The number of fused-ring (bicyclic) bond motifs is 1. The van der Waals surface area contributed by atoms with Crippen LogP contribution in [0.15, 0.2) is 114 Å². The summed E-state index contributed by atoms with van der Waals surface area (Å²) in [5.74, 6) is 0.773. The van der Waals surface area contributed by atoms with Crippen LogP contribution in [0.4, 0.5) is 5.69 Å². The third-order valence-corrected chi connectivity index (χ3v) is 5.71. The van der Waals surface area contributed by atoms with Gasteiger partial charge in [-0.1, -0.05) is 91.5 Å². The van der Waals surface area contributed by atoms with Gasteiger partial charge in [0.1, 0.15) is 6.04 Å². The van der Waals surface area contributed by atoms with Gasteiger partial charge in [0.25, 0.3) is 0 Å². The van der Waals surface area contributed by atoms with E-state index in [0.717, 1.165) is 33.9 Å². The predicted molar refractivity (Wildman–Crippen MR) is 131 cm³/mol. The molecule has 4 rings (SSSR count). The summed E-state index contributed by atoms with van der Waals surface area (Å²) in [5.41, 5.74) is 5.19. The Morgan fingerprint density at radius 3 is 2.16 bits per heavy atom. The quantitative estimate of drug-likeness (QED) is 0.292. The lowest BCUT2D eigenvalue weighted by Crippen LogP contribution is -2.39. The SMILES string of the molecule is C=CC(c1ccccc1)N1C(=C)c2ccccc2N(C)/C(=N\N=C)C1c1ccccc1. The lowest BCUT2D eigenvalue weighted by atomic mass is 9.96. The molecule has 3 aromatic carbocycles. The number of hydrogen-bond acceptors (Lipinski definition) is 3. The van der Waals surface area contributed by atoms with Crippen molar-refractivity contribution in [2.24, 2.45) is 10.2 Å². The van der Waals surface area contributed by atoms with Crippen LogP contribution in [-0.4, -0.2) is 24.5 Å². The van der Waals surface area contributed by atoms with Crippen molar-refractivity contribution in [2.45, 2.75) is 12.1 Å². The van der Waals surface area contributed by atoms with Crippen LogP contribution in [0.25, 0.3) is 5.70 Å². The molecule has 31 heavy (non-hydrogen) atoms. The summed E-state index contributed by atoms with van der Waals surface area (Å²) in [7, 11) is 2.01. The summed E-state index contributed by atoms with van der Waals surface area (Å²) < 4.78 is 0. The Hall–Kier alpha value is -3.92. The van der Waals surface area contributed by atoms with Crippen molar-refractivity contribution in [1.82, 2.24) is 4.90 Å². The van der Waals surface area contributed by atoms with Crippen LogP contribution >= 0.6 is 0 Å². The summed E-state index contributed by atoms with van der Waals surface area (Å²) in [6.07, 6.45) is 1.96. The van der Waals surface area contributed by atoms with Gasteiger partial charge in [-0.15, -0.1) is 11.7 Å². The van der Waals surface area contributed by atoms with Crippen LogP contribution < -0.4 is 4.90 Å². The molecule has 0 radical (unpaired) electrons. The zero-order chi connectivity index (χ0) is 21.8. The fourth-order valence-electron chi connectivity index (χ4n) is 4.26. The molecule has 1 heterocycles. The Kier molecular flexibility index (Phi) is 5.80. The van der Waals surface area contributed by atoms with Gasteiger partial charge in [-0.3, -0.25) is 0 Å². The highest BCUT2D eigenvalue weighted by molar-refractivity contribution is 6.06. The number of para-hydroxylation sites is 1. The summed E-state index contributed by atoms with van der Waals surface area (Å²) in [4.78, 5) is 4.36. The molecule has 4 nitrogen and oxygen atoms in total. The third kappa shape index (κ3) is 3.68. The Morgan fingerprint density at radius 1 is 0.903 bits per heavy atom. The topological polar surface area (TPSA) is 31.2 Å². The normalized spacial score (nSPS) is 18.3. The Bertz CT molecular complexity index is 1120. The molecule has 0 bridgehead atoms. The van der Waals surface area contributed by atoms with E-state index in [2.05, 4.69) is 76.3 Å². The van der Waals surface area contributed by atoms with E-state index in [1.54, 1.807) is 0 Å². The van der Waals surface area contributed by atoms with Gasteiger partial charge < -0.3 is 9.80 Å². The number of likely N-dealkylation sites (N-methyl/N-ethyl adjacent to an activating group) is 1. The molecule has 0 fully saturated rings. The molecular formula is C27H26N4. The van der Waals surface area contributed by atoms with E-state index in [9.17, 15) is 0 Å². The molecule has 4 heteroatoms. The minimum atomic E-state index is -0.236. The zero-order valence-electron chi connectivity index (χ0n) is 17.7. The van der Waals surface area contributed by atoms with Crippen LogP contribution in [0.1, 0.15) is 28.8 Å². The van der Waals surface area contributed by atoms with E-state index in [4.69, 9.17) is 0 Å². The van der Waals surface area contributed by atoms with Crippen LogP contribution in [0.2, 0.25) is 0 Å².